The van der Waals surface area contributed by atoms with Crippen LogP contribution in [0.3, 0.4) is 0 Å². The average molecular weight is 382 g/mol. The maximum Gasteiger partial charge on any atom is 0.183 e. The summed E-state index contributed by atoms with van der Waals surface area (Å²) in [5.74, 6) is -1.49. The van der Waals surface area contributed by atoms with Crippen molar-refractivity contribution in [2.75, 3.05) is 0 Å². The fourth-order valence-electron chi connectivity index (χ4n) is 1.52. The molecule has 96 valence electrons. The van der Waals surface area contributed by atoms with Crippen LogP contribution in [0.5, 0.6) is 0 Å². The lowest BCUT2D eigenvalue weighted by Gasteiger charge is -2.07. The summed E-state index contributed by atoms with van der Waals surface area (Å²) in [6, 6.07) is 5.14. The maximum absolute atomic E-state index is 13.0. The van der Waals surface area contributed by atoms with Gasteiger partial charge < -0.3 is 9.52 Å². The summed E-state index contributed by atoms with van der Waals surface area (Å²) in [6.07, 6.45) is -0.777. The lowest BCUT2D eigenvalue weighted by atomic mass is 10.1. The van der Waals surface area contributed by atoms with Crippen molar-refractivity contribution in [2.24, 2.45) is 0 Å². The van der Waals surface area contributed by atoms with Crippen LogP contribution in [0.4, 0.5) is 8.78 Å². The Kier molecular flexibility index (Phi) is 4.19. The van der Waals surface area contributed by atoms with Crippen molar-refractivity contribution in [3.05, 3.63) is 56.4 Å². The molecule has 6 heteroatoms. The van der Waals surface area contributed by atoms with Gasteiger partial charge in [-0.05, 0) is 55.6 Å². The van der Waals surface area contributed by atoms with Gasteiger partial charge in [0.05, 0.1) is 4.47 Å². The molecule has 18 heavy (non-hydrogen) atoms. The molecule has 1 unspecified atom stereocenters. The molecule has 1 aromatic heterocycles. The summed E-state index contributed by atoms with van der Waals surface area (Å²) < 4.78 is 32.2. The zero-order valence-electron chi connectivity index (χ0n) is 8.96. The van der Waals surface area contributed by atoms with Crippen LogP contribution in [-0.4, -0.2) is 5.11 Å². The van der Waals surface area contributed by atoms with Crippen molar-refractivity contribution in [2.45, 2.75) is 12.5 Å². The molecule has 0 aliphatic rings. The standard InChI is InChI=1S/C12H8Br2F2O2/c13-7-5-11(18-12(7)14)10(17)4-6-1-2-8(15)9(16)3-6/h1-3,5,10,17H,4H2. The van der Waals surface area contributed by atoms with Crippen molar-refractivity contribution >= 4 is 31.9 Å². The summed E-state index contributed by atoms with van der Waals surface area (Å²) in [5.41, 5.74) is 0.491. The number of furan rings is 1. The highest BCUT2D eigenvalue weighted by Crippen LogP contribution is 2.31. The van der Waals surface area contributed by atoms with Crippen LogP contribution in [0.25, 0.3) is 0 Å². The molecule has 1 heterocycles. The van der Waals surface area contributed by atoms with Crippen LogP contribution in [0, 0.1) is 11.6 Å². The summed E-state index contributed by atoms with van der Waals surface area (Å²) in [6.45, 7) is 0. The molecule has 0 bridgehead atoms. The Balaban J connectivity index is 2.15. The van der Waals surface area contributed by atoms with Crippen molar-refractivity contribution in [1.29, 1.82) is 0 Å². The molecule has 2 rings (SSSR count). The SMILES string of the molecule is OC(Cc1ccc(F)c(F)c1)c1cc(Br)c(Br)o1. The van der Waals surface area contributed by atoms with Crippen molar-refractivity contribution in [3.8, 4) is 0 Å². The first-order valence-corrected chi connectivity index (χ1v) is 6.62. The van der Waals surface area contributed by atoms with Crippen molar-refractivity contribution in [1.82, 2.24) is 0 Å². The number of rotatable bonds is 3. The van der Waals surface area contributed by atoms with Gasteiger partial charge in [0, 0.05) is 6.42 Å². The molecule has 2 nitrogen and oxygen atoms in total. The molecule has 0 radical (unpaired) electrons. The van der Waals surface area contributed by atoms with E-state index in [4.69, 9.17) is 4.42 Å². The van der Waals surface area contributed by atoms with E-state index in [0.717, 1.165) is 12.1 Å². The van der Waals surface area contributed by atoms with Gasteiger partial charge in [-0.1, -0.05) is 6.07 Å². The van der Waals surface area contributed by atoms with E-state index in [-0.39, 0.29) is 6.42 Å². The molecule has 1 atom stereocenters. The molecule has 0 aliphatic carbocycles. The molecular weight excluding hydrogens is 374 g/mol. The quantitative estimate of drug-likeness (QED) is 0.856. The van der Waals surface area contributed by atoms with Crippen molar-refractivity contribution < 1.29 is 18.3 Å². The number of aliphatic hydroxyl groups excluding tert-OH is 1. The molecule has 0 amide bonds. The van der Waals surface area contributed by atoms with Gasteiger partial charge in [0.15, 0.2) is 16.3 Å². The number of hydrogen-bond donors (Lipinski definition) is 1. The second kappa shape index (κ2) is 5.50. The third kappa shape index (κ3) is 2.99. The Morgan fingerprint density at radius 3 is 2.44 bits per heavy atom. The largest absolute Gasteiger partial charge is 0.450 e. The van der Waals surface area contributed by atoms with Crippen LogP contribution in [0.15, 0.2) is 37.8 Å². The summed E-state index contributed by atoms with van der Waals surface area (Å²) >= 11 is 6.39. The number of benzene rings is 1. The zero-order valence-corrected chi connectivity index (χ0v) is 12.1. The molecule has 0 saturated heterocycles. The summed E-state index contributed by atoms with van der Waals surface area (Å²) in [7, 11) is 0. The monoisotopic (exact) mass is 380 g/mol. The van der Waals surface area contributed by atoms with Gasteiger partial charge >= 0.3 is 0 Å². The van der Waals surface area contributed by atoms with Gasteiger partial charge in [-0.3, -0.25) is 0 Å². The summed E-state index contributed by atoms with van der Waals surface area (Å²) in [5, 5.41) is 9.92. The normalized spacial score (nSPS) is 12.7. The van der Waals surface area contributed by atoms with Gasteiger partial charge in [0.1, 0.15) is 11.9 Å². The third-order valence-electron chi connectivity index (χ3n) is 2.41. The van der Waals surface area contributed by atoms with Gasteiger partial charge in [-0.2, -0.15) is 0 Å². The first-order valence-electron chi connectivity index (χ1n) is 5.04. The maximum atomic E-state index is 13.0. The minimum atomic E-state index is -0.929. The predicted molar refractivity (Wildman–Crippen MR) is 69.1 cm³/mol. The van der Waals surface area contributed by atoms with Crippen molar-refractivity contribution in [3.63, 3.8) is 0 Å². The summed E-state index contributed by atoms with van der Waals surface area (Å²) in [4.78, 5) is 0. The Morgan fingerprint density at radius 1 is 1.17 bits per heavy atom. The second-order valence-electron chi connectivity index (χ2n) is 3.74. The Labute approximate surface area is 119 Å². The average Bonchev–Trinajstić information content (AvgIpc) is 2.65. The van der Waals surface area contributed by atoms with E-state index in [1.54, 1.807) is 6.07 Å². The Morgan fingerprint density at radius 2 is 1.89 bits per heavy atom. The van der Waals surface area contributed by atoms with E-state index in [2.05, 4.69) is 31.9 Å². The number of aliphatic hydroxyl groups is 1. The molecule has 0 fully saturated rings. The van der Waals surface area contributed by atoms with E-state index in [9.17, 15) is 13.9 Å². The van der Waals surface area contributed by atoms with Crippen LogP contribution >= 0.6 is 31.9 Å². The van der Waals surface area contributed by atoms with Gasteiger partial charge in [0.2, 0.25) is 0 Å². The van der Waals surface area contributed by atoms with E-state index in [1.165, 1.54) is 6.07 Å². The minimum absolute atomic E-state index is 0.142. The number of halogens is 4. The minimum Gasteiger partial charge on any atom is -0.450 e. The van der Waals surface area contributed by atoms with Gasteiger partial charge in [0.25, 0.3) is 0 Å². The Hall–Kier alpha value is -0.720. The molecule has 0 saturated carbocycles. The van der Waals surface area contributed by atoms with Crippen LogP contribution in [-0.2, 0) is 6.42 Å². The number of hydrogen-bond acceptors (Lipinski definition) is 2. The molecule has 1 N–H and O–H groups in total. The molecule has 0 spiro atoms. The first-order chi connectivity index (χ1) is 8.47. The molecule has 0 aliphatic heterocycles. The first kappa shape index (κ1) is 13.7. The lowest BCUT2D eigenvalue weighted by Crippen LogP contribution is -2.01. The highest BCUT2D eigenvalue weighted by molar-refractivity contribution is 9.13. The fraction of sp³-hybridized carbons (Fsp3) is 0.167. The topological polar surface area (TPSA) is 33.4 Å². The van der Waals surface area contributed by atoms with Crippen LogP contribution < -0.4 is 0 Å². The highest BCUT2D eigenvalue weighted by atomic mass is 79.9. The van der Waals surface area contributed by atoms with E-state index in [1.807, 2.05) is 0 Å². The van der Waals surface area contributed by atoms with Crippen LogP contribution in [0.2, 0.25) is 0 Å². The van der Waals surface area contributed by atoms with E-state index >= 15 is 0 Å². The second-order valence-corrected chi connectivity index (χ2v) is 5.31. The molecule has 2 aromatic rings. The van der Waals surface area contributed by atoms with Gasteiger partial charge in [-0.15, -0.1) is 0 Å². The third-order valence-corrected chi connectivity index (χ3v) is 4.12. The zero-order chi connectivity index (χ0) is 13.3. The lowest BCUT2D eigenvalue weighted by molar-refractivity contribution is 0.148. The van der Waals surface area contributed by atoms with Gasteiger partial charge in [-0.25, -0.2) is 8.78 Å². The van der Waals surface area contributed by atoms with E-state index < -0.39 is 17.7 Å². The smallest absolute Gasteiger partial charge is 0.183 e. The van der Waals surface area contributed by atoms with E-state index in [0.29, 0.717) is 20.5 Å². The molecular formula is C12H8Br2F2O2. The van der Waals surface area contributed by atoms with Crippen LogP contribution in [0.1, 0.15) is 17.4 Å². The predicted octanol–water partition coefficient (Wildman–Crippen LogP) is 4.36. The fourth-order valence-corrected chi connectivity index (χ4v) is 2.13. The Bertz CT molecular complexity index is 550. The molecule has 1 aromatic carbocycles. The highest BCUT2D eigenvalue weighted by Gasteiger charge is 2.16.